The summed E-state index contributed by atoms with van der Waals surface area (Å²) in [6.07, 6.45) is 8.78. The Kier molecular flexibility index (Phi) is 9.25. The first-order chi connectivity index (χ1) is 20.0. The molecule has 3 aliphatic carbocycles. The molecule has 41 heavy (non-hydrogen) atoms. The molecule has 2 amide bonds. The smallest absolute Gasteiger partial charge is 0.246 e. The van der Waals surface area contributed by atoms with E-state index in [4.69, 9.17) is 23.7 Å². The minimum atomic E-state index is -0.194. The van der Waals surface area contributed by atoms with Gasteiger partial charge >= 0.3 is 0 Å². The van der Waals surface area contributed by atoms with E-state index in [2.05, 4.69) is 15.5 Å². The number of carbonyl (C=O) groups excluding carboxylic acids is 2. The van der Waals surface area contributed by atoms with Crippen molar-refractivity contribution < 1.29 is 33.3 Å². The van der Waals surface area contributed by atoms with Crippen LogP contribution in [0.4, 0.5) is 0 Å². The highest BCUT2D eigenvalue weighted by Crippen LogP contribution is 2.54. The number of nitrogens with zero attached hydrogens (tertiary/aromatic N) is 1. The van der Waals surface area contributed by atoms with Crippen LogP contribution in [0.2, 0.25) is 0 Å². The number of fused-ring (bicyclic) bond motifs is 5. The van der Waals surface area contributed by atoms with Crippen LogP contribution in [0.3, 0.4) is 0 Å². The molecule has 0 radical (unpaired) electrons. The molecular formula is C31H51N3O7. The summed E-state index contributed by atoms with van der Waals surface area (Å²) >= 11 is 0. The normalized spacial score (nSPS) is 45.5. The van der Waals surface area contributed by atoms with Crippen molar-refractivity contribution in [2.75, 3.05) is 48.1 Å². The highest BCUT2D eigenvalue weighted by molar-refractivity contribution is 5.83. The number of hydrogen-bond acceptors (Lipinski definition) is 8. The van der Waals surface area contributed by atoms with E-state index in [1.54, 1.807) is 28.4 Å². The Morgan fingerprint density at radius 2 is 1.66 bits per heavy atom. The maximum atomic E-state index is 14.2. The maximum Gasteiger partial charge on any atom is 0.246 e. The fourth-order valence-electron chi connectivity index (χ4n) is 9.87. The lowest BCUT2D eigenvalue weighted by Gasteiger charge is -2.55. The summed E-state index contributed by atoms with van der Waals surface area (Å²) in [5, 5.41) is 6.94. The summed E-state index contributed by atoms with van der Waals surface area (Å²) in [6.45, 7) is 1.69. The van der Waals surface area contributed by atoms with Gasteiger partial charge in [-0.1, -0.05) is 0 Å². The fourth-order valence-corrected chi connectivity index (χ4v) is 9.87. The molecule has 13 atom stereocenters. The molecule has 0 bridgehead atoms. The molecule has 10 heteroatoms. The minimum Gasteiger partial charge on any atom is -0.381 e. The van der Waals surface area contributed by atoms with Crippen LogP contribution in [0, 0.1) is 29.6 Å². The van der Waals surface area contributed by atoms with Crippen LogP contribution in [0.15, 0.2) is 0 Å². The second-order valence-electron chi connectivity index (χ2n) is 13.4. The Labute approximate surface area is 244 Å². The van der Waals surface area contributed by atoms with E-state index in [1.165, 1.54) is 0 Å². The van der Waals surface area contributed by atoms with Crippen molar-refractivity contribution >= 4 is 11.8 Å². The number of nitrogens with one attached hydrogen (secondary N) is 2. The predicted molar refractivity (Wildman–Crippen MR) is 151 cm³/mol. The first-order valence-electron chi connectivity index (χ1n) is 16.0. The van der Waals surface area contributed by atoms with Crippen molar-refractivity contribution in [3.8, 4) is 0 Å². The van der Waals surface area contributed by atoms with Gasteiger partial charge in [0.1, 0.15) is 6.61 Å². The van der Waals surface area contributed by atoms with Gasteiger partial charge in [0.15, 0.2) is 0 Å². The van der Waals surface area contributed by atoms with Gasteiger partial charge in [-0.3, -0.25) is 9.59 Å². The third-order valence-corrected chi connectivity index (χ3v) is 11.8. The van der Waals surface area contributed by atoms with E-state index in [0.29, 0.717) is 36.3 Å². The van der Waals surface area contributed by atoms with E-state index in [-0.39, 0.29) is 66.9 Å². The monoisotopic (exact) mass is 577 g/mol. The van der Waals surface area contributed by atoms with Gasteiger partial charge in [0, 0.05) is 59.4 Å². The average molecular weight is 578 g/mol. The van der Waals surface area contributed by atoms with E-state index >= 15 is 0 Å². The van der Waals surface area contributed by atoms with E-state index in [9.17, 15) is 9.59 Å². The van der Waals surface area contributed by atoms with Crippen molar-refractivity contribution in [3.05, 3.63) is 0 Å². The third-order valence-electron chi connectivity index (χ3n) is 11.8. The van der Waals surface area contributed by atoms with Gasteiger partial charge in [0.25, 0.3) is 0 Å². The van der Waals surface area contributed by atoms with Crippen LogP contribution in [0.1, 0.15) is 57.8 Å². The van der Waals surface area contributed by atoms with Crippen LogP contribution in [0.5, 0.6) is 0 Å². The number of methoxy groups -OCH3 is 4. The Hall–Kier alpha value is -1.30. The van der Waals surface area contributed by atoms with Crippen LogP contribution in [-0.4, -0.2) is 113 Å². The maximum absolute atomic E-state index is 14.2. The molecular weight excluding hydrogens is 526 g/mol. The zero-order valence-corrected chi connectivity index (χ0v) is 25.3. The Morgan fingerprint density at radius 3 is 2.41 bits per heavy atom. The summed E-state index contributed by atoms with van der Waals surface area (Å²) in [7, 11) is 6.95. The number of ether oxygens (including phenoxy) is 5. The highest BCUT2D eigenvalue weighted by atomic mass is 16.5. The minimum absolute atomic E-state index is 0.0319. The van der Waals surface area contributed by atoms with Crippen LogP contribution in [0.25, 0.3) is 0 Å². The van der Waals surface area contributed by atoms with Crippen molar-refractivity contribution in [1.29, 1.82) is 0 Å². The van der Waals surface area contributed by atoms with E-state index in [0.717, 1.165) is 64.3 Å². The zero-order chi connectivity index (χ0) is 28.7. The number of amides is 2. The molecule has 0 spiro atoms. The molecule has 3 saturated carbocycles. The quantitative estimate of drug-likeness (QED) is 0.427. The van der Waals surface area contributed by atoms with Crippen molar-refractivity contribution in [3.63, 3.8) is 0 Å². The van der Waals surface area contributed by atoms with Crippen molar-refractivity contribution in [2.24, 2.45) is 29.6 Å². The molecule has 10 nitrogen and oxygen atoms in total. The summed E-state index contributed by atoms with van der Waals surface area (Å²) in [5.74, 6) is 1.58. The fraction of sp³-hybridized carbons (Fsp3) is 0.935. The first kappa shape index (κ1) is 29.8. The summed E-state index contributed by atoms with van der Waals surface area (Å²) < 4.78 is 29.1. The number of hydrogen-bond donors (Lipinski definition) is 2. The molecule has 0 aromatic carbocycles. The van der Waals surface area contributed by atoms with Crippen LogP contribution >= 0.6 is 0 Å². The number of carbonyl (C=O) groups is 2. The van der Waals surface area contributed by atoms with Crippen LogP contribution in [-0.2, 0) is 33.3 Å². The van der Waals surface area contributed by atoms with Gasteiger partial charge in [-0.05, 0) is 75.7 Å². The molecule has 3 saturated heterocycles. The van der Waals surface area contributed by atoms with E-state index in [1.807, 2.05) is 0 Å². The zero-order valence-electron chi connectivity index (χ0n) is 25.3. The Bertz CT molecular complexity index is 937. The topological polar surface area (TPSA) is 108 Å². The SMILES string of the molecule is COC1CCC(CNC(=O)COC2CCC3C(C2)C2CCNC4C5CCC(OC)C(OC)C5C(=O)N3C24)C(OC)C1. The van der Waals surface area contributed by atoms with Gasteiger partial charge in [-0.2, -0.15) is 0 Å². The number of piperidine rings is 2. The third kappa shape index (κ3) is 5.46. The van der Waals surface area contributed by atoms with Crippen LogP contribution < -0.4 is 10.6 Å². The average Bonchev–Trinajstić information content (AvgIpc) is 3.35. The lowest BCUT2D eigenvalue weighted by atomic mass is 9.64. The number of rotatable bonds is 9. The molecule has 3 heterocycles. The molecule has 2 N–H and O–H groups in total. The standard InChI is InChI=1S/C31H51N3O7/c1-37-18-6-5-17(25(14-18)39-3)15-33-26(35)16-41-19-7-9-23-22(13-19)20-11-12-32-28-21-8-10-24(38-2)30(40-4)27(21)31(36)34(23)29(20)28/h17-25,27-30,32H,5-16H2,1-4H3,(H,33,35). The molecule has 6 aliphatic rings. The Balaban J connectivity index is 1.06. The molecule has 0 aromatic heterocycles. The molecule has 6 rings (SSSR count). The summed E-state index contributed by atoms with van der Waals surface area (Å²) in [4.78, 5) is 29.2. The second kappa shape index (κ2) is 12.7. The molecule has 6 fully saturated rings. The second-order valence-corrected chi connectivity index (χ2v) is 13.4. The van der Waals surface area contributed by atoms with Crippen molar-refractivity contribution in [2.45, 2.75) is 106 Å². The largest absolute Gasteiger partial charge is 0.381 e. The summed E-state index contributed by atoms with van der Waals surface area (Å²) in [5.41, 5.74) is 0. The van der Waals surface area contributed by atoms with Gasteiger partial charge in [-0.15, -0.1) is 0 Å². The lowest BCUT2D eigenvalue weighted by Crippen LogP contribution is -2.70. The molecule has 0 aromatic rings. The molecule has 3 aliphatic heterocycles. The molecule has 232 valence electrons. The summed E-state index contributed by atoms with van der Waals surface area (Å²) in [6, 6.07) is 0.828. The predicted octanol–water partition coefficient (Wildman–Crippen LogP) is 1.75. The van der Waals surface area contributed by atoms with Gasteiger partial charge in [-0.25, -0.2) is 0 Å². The van der Waals surface area contributed by atoms with Gasteiger partial charge < -0.3 is 39.2 Å². The molecule has 13 unspecified atom stereocenters. The first-order valence-corrected chi connectivity index (χ1v) is 16.0. The van der Waals surface area contributed by atoms with E-state index < -0.39 is 0 Å². The van der Waals surface area contributed by atoms with Crippen molar-refractivity contribution in [1.82, 2.24) is 15.5 Å². The highest BCUT2D eigenvalue weighted by Gasteiger charge is 2.64. The van der Waals surface area contributed by atoms with Gasteiger partial charge in [0.2, 0.25) is 11.8 Å². The van der Waals surface area contributed by atoms with Gasteiger partial charge in [0.05, 0.1) is 42.5 Å². The Morgan fingerprint density at radius 1 is 0.854 bits per heavy atom. The lowest BCUT2D eigenvalue weighted by molar-refractivity contribution is -0.175.